The number of aromatic carboxylic acids is 1. The van der Waals surface area contributed by atoms with Crippen LogP contribution in [0.1, 0.15) is 10.4 Å². The number of phenols is 1. The summed E-state index contributed by atoms with van der Waals surface area (Å²) in [5.41, 5.74) is -0.820. The third-order valence-corrected chi connectivity index (χ3v) is 4.21. The molecule has 0 aromatic heterocycles. The van der Waals surface area contributed by atoms with E-state index in [0.29, 0.717) is 6.07 Å². The minimum Gasteiger partial charge on any atom is -0.545 e. The van der Waals surface area contributed by atoms with Gasteiger partial charge in [-0.1, -0.05) is 12.1 Å². The van der Waals surface area contributed by atoms with Crippen LogP contribution in [-0.4, -0.2) is 24.4 Å². The number of anilines is 1. The van der Waals surface area contributed by atoms with E-state index in [1.165, 1.54) is 12.1 Å². The van der Waals surface area contributed by atoms with E-state index in [4.69, 9.17) is 0 Å². The molecule has 0 bridgehead atoms. The summed E-state index contributed by atoms with van der Waals surface area (Å²) in [6.45, 7) is 0. The molecule has 0 spiro atoms. The van der Waals surface area contributed by atoms with Gasteiger partial charge in [0.25, 0.3) is 10.0 Å². The summed E-state index contributed by atoms with van der Waals surface area (Å²) in [5, 5.41) is 30.7. The Balaban J connectivity index is 2.33. The van der Waals surface area contributed by atoms with Gasteiger partial charge in [0.05, 0.1) is 15.8 Å². The second kappa shape index (κ2) is 5.93. The molecule has 0 amide bonds. The molecule has 2 rings (SSSR count). The van der Waals surface area contributed by atoms with E-state index in [1.54, 1.807) is 0 Å². The van der Waals surface area contributed by atoms with Gasteiger partial charge < -0.3 is 15.0 Å². The van der Waals surface area contributed by atoms with E-state index in [2.05, 4.69) is 4.72 Å². The van der Waals surface area contributed by atoms with Crippen molar-refractivity contribution in [3.63, 3.8) is 0 Å². The molecule has 2 N–H and O–H groups in total. The van der Waals surface area contributed by atoms with Crippen molar-refractivity contribution in [1.29, 1.82) is 0 Å². The molecule has 0 radical (unpaired) electrons. The number of aromatic hydroxyl groups is 1. The van der Waals surface area contributed by atoms with Crippen LogP contribution in [0.4, 0.5) is 11.4 Å². The van der Waals surface area contributed by atoms with Crippen molar-refractivity contribution < 1.29 is 28.3 Å². The maximum Gasteiger partial charge on any atom is 0.312 e. The fraction of sp³-hybridized carbons (Fsp3) is 0. The first-order chi connectivity index (χ1) is 10.7. The highest BCUT2D eigenvalue weighted by atomic mass is 32.2. The molecule has 0 unspecified atom stereocenters. The maximum atomic E-state index is 12.2. The molecule has 2 aromatic rings. The number of carboxylic acids is 1. The lowest BCUT2D eigenvalue weighted by atomic mass is 10.2. The lowest BCUT2D eigenvalue weighted by Crippen LogP contribution is -2.22. The normalized spacial score (nSPS) is 11.0. The summed E-state index contributed by atoms with van der Waals surface area (Å²) in [5.74, 6) is -2.07. The number of sulfonamides is 1. The number of carboxylic acid groups (broad SMARTS) is 1. The first kappa shape index (κ1) is 16.2. The van der Waals surface area contributed by atoms with Gasteiger partial charge >= 0.3 is 5.69 Å². The second-order valence-corrected chi connectivity index (χ2v) is 6.06. The molecule has 0 atom stereocenters. The molecule has 9 nitrogen and oxygen atoms in total. The minimum atomic E-state index is -4.15. The highest BCUT2D eigenvalue weighted by molar-refractivity contribution is 7.92. The van der Waals surface area contributed by atoms with E-state index in [-0.39, 0.29) is 11.3 Å². The molecule has 0 fully saturated rings. The van der Waals surface area contributed by atoms with E-state index >= 15 is 0 Å². The molecular weight excluding hydrogens is 328 g/mol. The standard InChI is InChI=1S/C13H10N2O7S/c16-12-6-5-10(7-11(12)15(19)20)23(21,22)14-9-3-1-8(2-4-9)13(17)18/h1-7,14,16H,(H,17,18)/p-1. The van der Waals surface area contributed by atoms with Crippen molar-refractivity contribution in [2.45, 2.75) is 4.90 Å². The Morgan fingerprint density at radius 3 is 2.26 bits per heavy atom. The van der Waals surface area contributed by atoms with Crippen LogP contribution in [0.15, 0.2) is 47.4 Å². The van der Waals surface area contributed by atoms with Crippen molar-refractivity contribution >= 4 is 27.4 Å². The summed E-state index contributed by atoms with van der Waals surface area (Å²) in [6, 6.07) is 7.31. The van der Waals surface area contributed by atoms with Gasteiger partial charge in [-0.3, -0.25) is 14.8 Å². The summed E-state index contributed by atoms with van der Waals surface area (Å²) in [4.78, 5) is 20.0. The number of carbonyl (C=O) groups excluding carboxylic acids is 1. The van der Waals surface area contributed by atoms with E-state index in [0.717, 1.165) is 24.3 Å². The smallest absolute Gasteiger partial charge is 0.312 e. The van der Waals surface area contributed by atoms with Gasteiger partial charge in [0.1, 0.15) is 0 Å². The Morgan fingerprint density at radius 2 is 1.74 bits per heavy atom. The molecule has 23 heavy (non-hydrogen) atoms. The zero-order valence-electron chi connectivity index (χ0n) is 11.3. The lowest BCUT2D eigenvalue weighted by molar-refractivity contribution is -0.386. The highest BCUT2D eigenvalue weighted by Gasteiger charge is 2.21. The topological polar surface area (TPSA) is 150 Å². The number of carbonyl (C=O) groups is 1. The average molecular weight is 337 g/mol. The molecule has 0 heterocycles. The Morgan fingerprint density at radius 1 is 1.13 bits per heavy atom. The SMILES string of the molecule is O=C([O-])c1ccc(NS(=O)(=O)c2ccc(O)c([N+](=O)[O-])c2)cc1. The van der Waals surface area contributed by atoms with Crippen LogP contribution in [0.2, 0.25) is 0 Å². The predicted molar refractivity (Wildman–Crippen MR) is 76.3 cm³/mol. The predicted octanol–water partition coefficient (Wildman–Crippen LogP) is 0.465. The number of nitro benzene ring substituents is 1. The summed E-state index contributed by atoms with van der Waals surface area (Å²) in [7, 11) is -4.15. The van der Waals surface area contributed by atoms with Crippen LogP contribution in [0.5, 0.6) is 5.75 Å². The number of hydrogen-bond acceptors (Lipinski definition) is 7. The Labute approximate surface area is 130 Å². The van der Waals surface area contributed by atoms with Gasteiger partial charge in [0.15, 0.2) is 5.75 Å². The molecule has 10 heteroatoms. The third-order valence-electron chi connectivity index (χ3n) is 2.83. The number of nitro groups is 1. The van der Waals surface area contributed by atoms with E-state index < -0.39 is 37.2 Å². The van der Waals surface area contributed by atoms with Crippen molar-refractivity contribution in [2.75, 3.05) is 4.72 Å². The molecule has 0 aliphatic carbocycles. The zero-order chi connectivity index (χ0) is 17.2. The number of hydrogen-bond donors (Lipinski definition) is 2. The maximum absolute atomic E-state index is 12.2. The minimum absolute atomic E-state index is 0.0609. The molecule has 0 aliphatic rings. The fourth-order valence-corrected chi connectivity index (χ4v) is 2.78. The van der Waals surface area contributed by atoms with Gasteiger partial charge in [-0.05, 0) is 29.8 Å². The number of nitrogens with one attached hydrogen (secondary N) is 1. The first-order valence-electron chi connectivity index (χ1n) is 6.02. The molecular formula is C13H9N2O7S-. The van der Waals surface area contributed by atoms with Gasteiger partial charge in [-0.15, -0.1) is 0 Å². The third kappa shape index (κ3) is 3.55. The summed E-state index contributed by atoms with van der Waals surface area (Å²) in [6.07, 6.45) is 0. The van der Waals surface area contributed by atoms with Crippen molar-refractivity contribution in [3.8, 4) is 5.75 Å². The highest BCUT2D eigenvalue weighted by Crippen LogP contribution is 2.29. The van der Waals surface area contributed by atoms with Gasteiger partial charge in [0.2, 0.25) is 0 Å². The van der Waals surface area contributed by atoms with Gasteiger partial charge in [-0.2, -0.15) is 0 Å². The van der Waals surface area contributed by atoms with Crippen molar-refractivity contribution in [1.82, 2.24) is 0 Å². The number of phenolic OH excluding ortho intramolecular Hbond substituents is 1. The Hall–Kier alpha value is -3.14. The Bertz CT molecular complexity index is 876. The number of nitrogens with zero attached hydrogens (tertiary/aromatic N) is 1. The lowest BCUT2D eigenvalue weighted by Gasteiger charge is -2.09. The monoisotopic (exact) mass is 337 g/mol. The number of benzene rings is 2. The van der Waals surface area contributed by atoms with Crippen LogP contribution in [0.3, 0.4) is 0 Å². The van der Waals surface area contributed by atoms with E-state index in [9.17, 15) is 33.5 Å². The van der Waals surface area contributed by atoms with Gasteiger partial charge in [0, 0.05) is 11.8 Å². The molecule has 120 valence electrons. The van der Waals surface area contributed by atoms with Gasteiger partial charge in [-0.25, -0.2) is 8.42 Å². The van der Waals surface area contributed by atoms with Crippen LogP contribution >= 0.6 is 0 Å². The van der Waals surface area contributed by atoms with Crippen molar-refractivity contribution in [2.24, 2.45) is 0 Å². The largest absolute Gasteiger partial charge is 0.545 e. The summed E-state index contributed by atoms with van der Waals surface area (Å²) >= 11 is 0. The van der Waals surface area contributed by atoms with E-state index in [1.807, 2.05) is 0 Å². The first-order valence-corrected chi connectivity index (χ1v) is 7.50. The summed E-state index contributed by atoms with van der Waals surface area (Å²) < 4.78 is 26.5. The van der Waals surface area contributed by atoms with Crippen LogP contribution < -0.4 is 9.83 Å². The number of rotatable bonds is 5. The molecule has 0 aliphatic heterocycles. The molecule has 0 saturated carbocycles. The van der Waals surface area contributed by atoms with Crippen molar-refractivity contribution in [3.05, 3.63) is 58.1 Å². The average Bonchev–Trinajstić information content (AvgIpc) is 2.47. The fourth-order valence-electron chi connectivity index (χ4n) is 1.71. The van der Waals surface area contributed by atoms with Crippen LogP contribution in [0, 0.1) is 10.1 Å². The van der Waals surface area contributed by atoms with Crippen LogP contribution in [-0.2, 0) is 10.0 Å². The molecule has 0 saturated heterocycles. The van der Waals surface area contributed by atoms with Crippen LogP contribution in [0.25, 0.3) is 0 Å². The zero-order valence-corrected chi connectivity index (χ0v) is 12.1. The molecule has 2 aromatic carbocycles. The second-order valence-electron chi connectivity index (χ2n) is 4.38. The quantitative estimate of drug-likeness (QED) is 0.594. The Kier molecular flexibility index (Phi) is 4.18.